The van der Waals surface area contributed by atoms with Crippen LogP contribution in [0.5, 0.6) is 0 Å². The van der Waals surface area contributed by atoms with Crippen LogP contribution in [0.2, 0.25) is 0 Å². The van der Waals surface area contributed by atoms with E-state index in [-0.39, 0.29) is 11.8 Å². The zero-order valence-corrected chi connectivity index (χ0v) is 14.4. The number of nitrogens with one attached hydrogen (secondary N) is 3. The lowest BCUT2D eigenvalue weighted by atomic mass is 10.2. The van der Waals surface area contributed by atoms with Gasteiger partial charge in [-0.05, 0) is 37.5 Å². The molecule has 0 saturated heterocycles. The smallest absolute Gasteiger partial charge is 0.223 e. The number of hydrogen-bond acceptors (Lipinski definition) is 2. The van der Waals surface area contributed by atoms with Gasteiger partial charge >= 0.3 is 0 Å². The molecule has 1 amide bonds. The lowest BCUT2D eigenvalue weighted by Crippen LogP contribution is -2.41. The Hall–Kier alpha value is -1.56. The summed E-state index contributed by atoms with van der Waals surface area (Å²) in [4.78, 5) is 16.1. The second-order valence-electron chi connectivity index (χ2n) is 5.31. The molecule has 1 aliphatic carbocycles. The zero-order valence-electron chi connectivity index (χ0n) is 12.9. The molecule has 2 rings (SSSR count). The second-order valence-corrected chi connectivity index (χ2v) is 6.23. The Morgan fingerprint density at radius 3 is 2.50 bits per heavy atom. The van der Waals surface area contributed by atoms with Crippen molar-refractivity contribution in [1.29, 1.82) is 0 Å². The molecular formula is C16H23BrN4O. The highest BCUT2D eigenvalue weighted by molar-refractivity contribution is 9.10. The molecule has 0 bridgehead atoms. The largest absolute Gasteiger partial charge is 0.357 e. The quantitative estimate of drug-likeness (QED) is 0.393. The average Bonchev–Trinajstić information content (AvgIpc) is 3.35. The second kappa shape index (κ2) is 8.78. The number of benzene rings is 1. The van der Waals surface area contributed by atoms with Gasteiger partial charge in [0.2, 0.25) is 5.91 Å². The van der Waals surface area contributed by atoms with Crippen molar-refractivity contribution >= 4 is 27.8 Å². The van der Waals surface area contributed by atoms with Crippen LogP contribution in [0.4, 0.5) is 0 Å². The number of carbonyl (C=O) groups excluding carboxylic acids is 1. The summed E-state index contributed by atoms with van der Waals surface area (Å²) in [5.74, 6) is 1.21. The predicted molar refractivity (Wildman–Crippen MR) is 92.7 cm³/mol. The first-order chi connectivity index (χ1) is 10.7. The van der Waals surface area contributed by atoms with Crippen molar-refractivity contribution in [3.05, 3.63) is 34.3 Å². The van der Waals surface area contributed by atoms with Crippen molar-refractivity contribution in [1.82, 2.24) is 16.0 Å². The predicted octanol–water partition coefficient (Wildman–Crippen LogP) is 2.03. The van der Waals surface area contributed by atoms with Crippen LogP contribution in [-0.4, -0.2) is 31.5 Å². The molecule has 1 aromatic carbocycles. The van der Waals surface area contributed by atoms with Gasteiger partial charge in [-0.3, -0.25) is 4.79 Å². The molecule has 0 unspecified atom stereocenters. The Kier molecular flexibility index (Phi) is 6.71. The molecule has 0 heterocycles. The molecule has 22 heavy (non-hydrogen) atoms. The first-order valence-electron chi connectivity index (χ1n) is 7.73. The molecule has 1 fully saturated rings. The van der Waals surface area contributed by atoms with Crippen LogP contribution < -0.4 is 16.0 Å². The van der Waals surface area contributed by atoms with Gasteiger partial charge in [0.25, 0.3) is 0 Å². The monoisotopic (exact) mass is 366 g/mol. The first kappa shape index (κ1) is 16.8. The molecule has 5 nitrogen and oxygen atoms in total. The minimum Gasteiger partial charge on any atom is -0.357 e. The topological polar surface area (TPSA) is 65.5 Å². The van der Waals surface area contributed by atoms with Crippen LogP contribution in [0.15, 0.2) is 33.7 Å². The van der Waals surface area contributed by atoms with Gasteiger partial charge in [0.1, 0.15) is 0 Å². The molecule has 1 saturated carbocycles. The van der Waals surface area contributed by atoms with Crippen LogP contribution in [0.3, 0.4) is 0 Å². The molecule has 0 spiro atoms. The Balaban J connectivity index is 1.73. The van der Waals surface area contributed by atoms with E-state index in [4.69, 9.17) is 0 Å². The number of halogens is 1. The highest BCUT2D eigenvalue weighted by Crippen LogP contribution is 2.28. The van der Waals surface area contributed by atoms with Crippen molar-refractivity contribution in [2.45, 2.75) is 26.3 Å². The minimum atomic E-state index is 0.179. The van der Waals surface area contributed by atoms with Crippen LogP contribution in [-0.2, 0) is 11.3 Å². The molecule has 0 radical (unpaired) electrons. The van der Waals surface area contributed by atoms with Crippen molar-refractivity contribution in [2.24, 2.45) is 10.9 Å². The van der Waals surface area contributed by atoms with Gasteiger partial charge in [-0.1, -0.05) is 28.1 Å². The number of nitrogens with zero attached hydrogens (tertiary/aromatic N) is 1. The average molecular weight is 367 g/mol. The maximum atomic E-state index is 11.5. The normalized spacial score (nSPS) is 14.5. The summed E-state index contributed by atoms with van der Waals surface area (Å²) in [6.45, 7) is 4.76. The van der Waals surface area contributed by atoms with Gasteiger partial charge in [-0.2, -0.15) is 0 Å². The van der Waals surface area contributed by atoms with Crippen LogP contribution >= 0.6 is 15.9 Å². The van der Waals surface area contributed by atoms with E-state index in [1.54, 1.807) is 0 Å². The fourth-order valence-electron chi connectivity index (χ4n) is 1.96. The summed E-state index contributed by atoms with van der Waals surface area (Å²) in [7, 11) is 0. The maximum absolute atomic E-state index is 11.5. The lowest BCUT2D eigenvalue weighted by molar-refractivity contribution is -0.122. The van der Waals surface area contributed by atoms with Crippen LogP contribution in [0.25, 0.3) is 0 Å². The molecule has 120 valence electrons. The Morgan fingerprint density at radius 1 is 1.18 bits per heavy atom. The maximum Gasteiger partial charge on any atom is 0.223 e. The van der Waals surface area contributed by atoms with Crippen molar-refractivity contribution < 1.29 is 4.79 Å². The van der Waals surface area contributed by atoms with Crippen molar-refractivity contribution in [3.63, 3.8) is 0 Å². The zero-order chi connectivity index (χ0) is 15.8. The molecule has 0 aromatic heterocycles. The molecule has 6 heteroatoms. The number of rotatable bonds is 7. The van der Waals surface area contributed by atoms with Crippen LogP contribution in [0.1, 0.15) is 25.3 Å². The van der Waals surface area contributed by atoms with Crippen LogP contribution in [0, 0.1) is 5.92 Å². The van der Waals surface area contributed by atoms with E-state index in [1.165, 1.54) is 0 Å². The third-order valence-corrected chi connectivity index (χ3v) is 3.87. The molecule has 3 N–H and O–H groups in total. The molecule has 1 aliphatic rings. The number of aliphatic imine (C=N–C) groups is 1. The molecule has 0 aliphatic heterocycles. The van der Waals surface area contributed by atoms with Gasteiger partial charge in [0.05, 0.1) is 6.54 Å². The van der Waals surface area contributed by atoms with Gasteiger partial charge in [0.15, 0.2) is 5.96 Å². The number of amides is 1. The summed E-state index contributed by atoms with van der Waals surface area (Å²) in [5.41, 5.74) is 1.16. The molecule has 1 aromatic rings. The van der Waals surface area contributed by atoms with E-state index in [0.717, 1.165) is 35.4 Å². The van der Waals surface area contributed by atoms with E-state index in [2.05, 4.69) is 36.9 Å². The Morgan fingerprint density at radius 2 is 1.86 bits per heavy atom. The summed E-state index contributed by atoms with van der Waals surface area (Å²) in [6.07, 6.45) is 2.08. The molecular weight excluding hydrogens is 344 g/mol. The Bertz CT molecular complexity index is 511. The Labute approximate surface area is 140 Å². The third kappa shape index (κ3) is 6.05. The van der Waals surface area contributed by atoms with Gasteiger partial charge in [0, 0.05) is 30.0 Å². The highest BCUT2D eigenvalue weighted by atomic mass is 79.9. The lowest BCUT2D eigenvalue weighted by Gasteiger charge is -2.11. The summed E-state index contributed by atoms with van der Waals surface area (Å²) < 4.78 is 1.07. The van der Waals surface area contributed by atoms with Gasteiger partial charge < -0.3 is 16.0 Å². The fraction of sp³-hybridized carbons (Fsp3) is 0.500. The summed E-state index contributed by atoms with van der Waals surface area (Å²) in [5, 5.41) is 9.37. The molecule has 0 atom stereocenters. The first-order valence-corrected chi connectivity index (χ1v) is 8.52. The van der Waals surface area contributed by atoms with Crippen molar-refractivity contribution in [3.8, 4) is 0 Å². The van der Waals surface area contributed by atoms with E-state index < -0.39 is 0 Å². The van der Waals surface area contributed by atoms with Gasteiger partial charge in [-0.25, -0.2) is 4.99 Å². The van der Waals surface area contributed by atoms with E-state index >= 15 is 0 Å². The van der Waals surface area contributed by atoms with Gasteiger partial charge in [-0.15, -0.1) is 0 Å². The van der Waals surface area contributed by atoms with E-state index in [9.17, 15) is 4.79 Å². The minimum absolute atomic E-state index is 0.179. The SMILES string of the molecule is CCNC(=NCc1ccc(Br)cc1)NCCNC(=O)C1CC1. The highest BCUT2D eigenvalue weighted by Gasteiger charge is 2.28. The number of guanidine groups is 1. The fourth-order valence-corrected chi connectivity index (χ4v) is 2.22. The number of carbonyl (C=O) groups is 1. The standard InChI is InChI=1S/C16H23BrN4O/c1-2-18-16(20-10-9-19-15(22)13-5-6-13)21-11-12-3-7-14(17)8-4-12/h3-4,7-8,13H,2,5-6,9-11H2,1H3,(H,19,22)(H2,18,20,21). The third-order valence-electron chi connectivity index (χ3n) is 3.34. The summed E-state index contributed by atoms with van der Waals surface area (Å²) >= 11 is 3.42. The number of hydrogen-bond donors (Lipinski definition) is 3. The van der Waals surface area contributed by atoms with E-state index in [1.807, 2.05) is 31.2 Å². The van der Waals surface area contributed by atoms with E-state index in [0.29, 0.717) is 19.6 Å². The van der Waals surface area contributed by atoms with Crippen molar-refractivity contribution in [2.75, 3.05) is 19.6 Å². The summed E-state index contributed by atoms with van der Waals surface area (Å²) in [6, 6.07) is 8.12.